The van der Waals surface area contributed by atoms with Crippen LogP contribution in [0.4, 0.5) is 0 Å². The number of thioether (sulfide) groups is 1. The van der Waals surface area contributed by atoms with Gasteiger partial charge in [0.15, 0.2) is 9.84 Å². The molecule has 1 heterocycles. The van der Waals surface area contributed by atoms with E-state index in [1.807, 2.05) is 6.92 Å². The van der Waals surface area contributed by atoms with Gasteiger partial charge in [0.05, 0.1) is 6.04 Å². The molecule has 0 aromatic heterocycles. The maximum Gasteiger partial charge on any atom is 0.240 e. The van der Waals surface area contributed by atoms with E-state index in [0.717, 1.165) is 5.75 Å². The Morgan fingerprint density at radius 2 is 2.25 bits per heavy atom. The fraction of sp³-hybridized carbons (Fsp3) is 0.889. The summed E-state index contributed by atoms with van der Waals surface area (Å²) in [6.45, 7) is 2.28. The normalized spacial score (nSPS) is 24.2. The van der Waals surface area contributed by atoms with Crippen LogP contribution < -0.4 is 5.73 Å². The number of amides is 1. The summed E-state index contributed by atoms with van der Waals surface area (Å²) in [5.41, 5.74) is 5.66. The van der Waals surface area contributed by atoms with Gasteiger partial charge in [0.1, 0.15) is 5.37 Å². The number of carbonyl (C=O) groups is 1. The van der Waals surface area contributed by atoms with Crippen molar-refractivity contribution in [2.75, 3.05) is 24.3 Å². The van der Waals surface area contributed by atoms with Gasteiger partial charge in [0.2, 0.25) is 5.91 Å². The molecule has 1 fully saturated rings. The lowest BCUT2D eigenvalue weighted by Gasteiger charge is -2.35. The number of hydrogen-bond donors (Lipinski definition) is 1. The van der Waals surface area contributed by atoms with E-state index in [4.69, 9.17) is 5.73 Å². The minimum Gasteiger partial charge on any atom is -0.323 e. The van der Waals surface area contributed by atoms with Gasteiger partial charge in [-0.1, -0.05) is 6.92 Å². The molecule has 0 spiro atoms. The molecule has 1 saturated heterocycles. The summed E-state index contributed by atoms with van der Waals surface area (Å²) in [6, 6.07) is -0.590. The van der Waals surface area contributed by atoms with Crippen molar-refractivity contribution in [2.45, 2.75) is 24.8 Å². The largest absolute Gasteiger partial charge is 0.323 e. The van der Waals surface area contributed by atoms with Crippen LogP contribution in [-0.4, -0.2) is 54.9 Å². The zero-order valence-corrected chi connectivity index (χ0v) is 11.2. The average molecular weight is 266 g/mol. The highest BCUT2D eigenvalue weighted by Gasteiger charge is 2.35. The highest BCUT2D eigenvalue weighted by atomic mass is 32.2. The van der Waals surface area contributed by atoms with Gasteiger partial charge in [0, 0.05) is 24.3 Å². The van der Waals surface area contributed by atoms with Crippen LogP contribution in [0.25, 0.3) is 0 Å². The Bertz CT molecular complexity index is 356. The van der Waals surface area contributed by atoms with Gasteiger partial charge in [-0.3, -0.25) is 4.79 Å². The number of nitrogens with zero attached hydrogens (tertiary/aromatic N) is 1. The third-order valence-electron chi connectivity index (χ3n) is 2.62. The van der Waals surface area contributed by atoms with Crippen LogP contribution in [0.15, 0.2) is 0 Å². The topological polar surface area (TPSA) is 80.5 Å². The van der Waals surface area contributed by atoms with E-state index in [1.54, 1.807) is 11.8 Å². The quantitative estimate of drug-likeness (QED) is 0.756. The molecule has 0 aromatic rings. The van der Waals surface area contributed by atoms with E-state index < -0.39 is 21.3 Å². The molecule has 16 heavy (non-hydrogen) atoms. The molecule has 0 bridgehead atoms. The maximum absolute atomic E-state index is 11.9. The van der Waals surface area contributed by atoms with Gasteiger partial charge in [-0.2, -0.15) is 11.8 Å². The van der Waals surface area contributed by atoms with E-state index in [2.05, 4.69) is 0 Å². The fourth-order valence-electron chi connectivity index (χ4n) is 1.58. The number of nitrogens with two attached hydrogens (primary N) is 1. The van der Waals surface area contributed by atoms with E-state index >= 15 is 0 Å². The van der Waals surface area contributed by atoms with E-state index in [9.17, 15) is 13.2 Å². The van der Waals surface area contributed by atoms with Crippen molar-refractivity contribution in [3.63, 3.8) is 0 Å². The standard InChI is InChI=1S/C9H18N2O3S2/c1-3-7(10)9(12)11-4-5-15-6-8(11)16(2,13)14/h7-8H,3-6,10H2,1-2H3/t7-,8?/m1/s1. The van der Waals surface area contributed by atoms with Gasteiger partial charge in [-0.15, -0.1) is 0 Å². The predicted molar refractivity (Wildman–Crippen MR) is 65.9 cm³/mol. The average Bonchev–Trinajstić information content (AvgIpc) is 2.26. The molecule has 2 N–H and O–H groups in total. The molecule has 2 atom stereocenters. The van der Waals surface area contributed by atoms with Crippen LogP contribution in [0.5, 0.6) is 0 Å². The van der Waals surface area contributed by atoms with Crippen molar-refractivity contribution in [2.24, 2.45) is 5.73 Å². The highest BCUT2D eigenvalue weighted by molar-refractivity contribution is 8.00. The zero-order valence-electron chi connectivity index (χ0n) is 9.55. The smallest absolute Gasteiger partial charge is 0.240 e. The Hall–Kier alpha value is -0.270. The molecule has 0 radical (unpaired) electrons. The lowest BCUT2D eigenvalue weighted by atomic mass is 10.2. The molecule has 1 unspecified atom stereocenters. The van der Waals surface area contributed by atoms with Gasteiger partial charge in [-0.05, 0) is 6.42 Å². The first-order chi connectivity index (χ1) is 7.38. The molecular formula is C9H18N2O3S2. The first kappa shape index (κ1) is 13.8. The van der Waals surface area contributed by atoms with Crippen molar-refractivity contribution in [3.8, 4) is 0 Å². The van der Waals surface area contributed by atoms with E-state index in [-0.39, 0.29) is 5.91 Å². The number of hydrogen-bond acceptors (Lipinski definition) is 5. The molecule has 5 nitrogen and oxygen atoms in total. The summed E-state index contributed by atoms with van der Waals surface area (Å²) in [7, 11) is -3.23. The molecule has 1 aliphatic heterocycles. The van der Waals surface area contributed by atoms with Crippen molar-refractivity contribution in [1.82, 2.24) is 4.90 Å². The fourth-order valence-corrected chi connectivity index (χ4v) is 4.40. The Balaban J connectivity index is 2.87. The monoisotopic (exact) mass is 266 g/mol. The Morgan fingerprint density at radius 3 is 2.75 bits per heavy atom. The van der Waals surface area contributed by atoms with E-state index in [1.165, 1.54) is 11.2 Å². The lowest BCUT2D eigenvalue weighted by Crippen LogP contribution is -2.54. The molecule has 1 amide bonds. The zero-order chi connectivity index (χ0) is 12.3. The van der Waals surface area contributed by atoms with Gasteiger partial charge < -0.3 is 10.6 Å². The van der Waals surface area contributed by atoms with Crippen LogP contribution in [0, 0.1) is 0 Å². The second-order valence-corrected chi connectivity index (χ2v) is 7.26. The second kappa shape index (κ2) is 5.37. The van der Waals surface area contributed by atoms with Crippen LogP contribution in [0.2, 0.25) is 0 Å². The Labute approximate surface area is 101 Å². The second-order valence-electron chi connectivity index (χ2n) is 3.91. The molecule has 0 aromatic carbocycles. The van der Waals surface area contributed by atoms with Crippen LogP contribution >= 0.6 is 11.8 Å². The number of sulfone groups is 1. The molecule has 94 valence electrons. The minimum atomic E-state index is -3.23. The lowest BCUT2D eigenvalue weighted by molar-refractivity contribution is -0.133. The van der Waals surface area contributed by atoms with E-state index in [0.29, 0.717) is 18.7 Å². The maximum atomic E-state index is 11.9. The summed E-state index contributed by atoms with van der Waals surface area (Å²) in [5, 5.41) is -0.712. The number of carbonyl (C=O) groups excluding carboxylic acids is 1. The summed E-state index contributed by atoms with van der Waals surface area (Å²) >= 11 is 1.56. The molecule has 7 heteroatoms. The summed E-state index contributed by atoms with van der Waals surface area (Å²) in [5.74, 6) is 0.966. The summed E-state index contributed by atoms with van der Waals surface area (Å²) in [6.07, 6.45) is 1.69. The van der Waals surface area contributed by atoms with Crippen molar-refractivity contribution >= 4 is 27.5 Å². The minimum absolute atomic E-state index is 0.252. The third kappa shape index (κ3) is 3.11. The molecule has 0 aliphatic carbocycles. The van der Waals surface area contributed by atoms with Crippen molar-refractivity contribution < 1.29 is 13.2 Å². The van der Waals surface area contributed by atoms with Crippen LogP contribution in [-0.2, 0) is 14.6 Å². The van der Waals surface area contributed by atoms with Crippen molar-refractivity contribution in [1.29, 1.82) is 0 Å². The Morgan fingerprint density at radius 1 is 1.62 bits per heavy atom. The first-order valence-electron chi connectivity index (χ1n) is 5.20. The van der Waals surface area contributed by atoms with Gasteiger partial charge >= 0.3 is 0 Å². The Kier molecular flexibility index (Phi) is 4.63. The summed E-state index contributed by atoms with van der Waals surface area (Å²) in [4.78, 5) is 13.3. The van der Waals surface area contributed by atoms with Crippen LogP contribution in [0.3, 0.4) is 0 Å². The molecule has 1 rings (SSSR count). The van der Waals surface area contributed by atoms with Crippen LogP contribution in [0.1, 0.15) is 13.3 Å². The SMILES string of the molecule is CC[C@@H](N)C(=O)N1CCSCC1S(C)(=O)=O. The molecular weight excluding hydrogens is 248 g/mol. The highest BCUT2D eigenvalue weighted by Crippen LogP contribution is 2.21. The van der Waals surface area contributed by atoms with Gasteiger partial charge in [-0.25, -0.2) is 8.42 Å². The third-order valence-corrected chi connectivity index (χ3v) is 5.26. The molecule has 0 saturated carbocycles. The molecule has 1 aliphatic rings. The first-order valence-corrected chi connectivity index (χ1v) is 8.31. The van der Waals surface area contributed by atoms with Gasteiger partial charge in [0.25, 0.3) is 0 Å². The van der Waals surface area contributed by atoms with Crippen molar-refractivity contribution in [3.05, 3.63) is 0 Å². The number of rotatable bonds is 3. The predicted octanol–water partition coefficient (Wildman–Crippen LogP) is -0.330. The summed E-state index contributed by atoms with van der Waals surface area (Å²) < 4.78 is 23.1.